The first-order valence-electron chi connectivity index (χ1n) is 4.84. The van der Waals surface area contributed by atoms with Crippen LogP contribution in [0, 0.1) is 0 Å². The summed E-state index contributed by atoms with van der Waals surface area (Å²) in [5.74, 6) is 1.26. The SMILES string of the molecule is COc1cc(Br)c(C(C)(C)C=O)cc1OC. The van der Waals surface area contributed by atoms with E-state index in [4.69, 9.17) is 9.47 Å². The van der Waals surface area contributed by atoms with Crippen molar-refractivity contribution in [3.63, 3.8) is 0 Å². The maximum atomic E-state index is 11.0. The highest BCUT2D eigenvalue weighted by molar-refractivity contribution is 9.10. The Morgan fingerprint density at radius 1 is 1.19 bits per heavy atom. The molecule has 0 aromatic heterocycles. The summed E-state index contributed by atoms with van der Waals surface area (Å²) >= 11 is 3.43. The minimum Gasteiger partial charge on any atom is -0.493 e. The Hall–Kier alpha value is -1.03. The second kappa shape index (κ2) is 4.87. The number of halogens is 1. The first kappa shape index (κ1) is 13.0. The van der Waals surface area contributed by atoms with Crippen LogP contribution in [0.2, 0.25) is 0 Å². The smallest absolute Gasteiger partial charge is 0.161 e. The third-order valence-electron chi connectivity index (χ3n) is 2.46. The van der Waals surface area contributed by atoms with E-state index in [1.807, 2.05) is 19.9 Å². The van der Waals surface area contributed by atoms with Crippen LogP contribution in [0.25, 0.3) is 0 Å². The van der Waals surface area contributed by atoms with Crippen molar-refractivity contribution >= 4 is 22.2 Å². The molecule has 0 heterocycles. The number of carbonyl (C=O) groups is 1. The molecule has 16 heavy (non-hydrogen) atoms. The predicted molar refractivity (Wildman–Crippen MR) is 66.3 cm³/mol. The summed E-state index contributed by atoms with van der Waals surface area (Å²) in [7, 11) is 3.15. The molecule has 1 aromatic rings. The first-order valence-corrected chi connectivity index (χ1v) is 5.64. The van der Waals surface area contributed by atoms with E-state index in [-0.39, 0.29) is 0 Å². The number of hydrogen-bond acceptors (Lipinski definition) is 3. The molecule has 3 nitrogen and oxygen atoms in total. The molecule has 0 aliphatic heterocycles. The van der Waals surface area contributed by atoms with Gasteiger partial charge in [-0.15, -0.1) is 0 Å². The number of methoxy groups -OCH3 is 2. The van der Waals surface area contributed by atoms with E-state index in [0.717, 1.165) is 16.3 Å². The minimum absolute atomic E-state index is 0.557. The zero-order valence-electron chi connectivity index (χ0n) is 9.83. The van der Waals surface area contributed by atoms with Gasteiger partial charge >= 0.3 is 0 Å². The molecule has 0 fully saturated rings. The molecule has 0 radical (unpaired) electrons. The van der Waals surface area contributed by atoms with Gasteiger partial charge in [0.2, 0.25) is 0 Å². The lowest BCUT2D eigenvalue weighted by molar-refractivity contribution is -0.111. The minimum atomic E-state index is -0.557. The highest BCUT2D eigenvalue weighted by Crippen LogP contribution is 2.38. The van der Waals surface area contributed by atoms with E-state index in [1.165, 1.54) is 0 Å². The molecule has 0 aliphatic carbocycles. The van der Waals surface area contributed by atoms with Gasteiger partial charge in [-0.05, 0) is 31.5 Å². The summed E-state index contributed by atoms with van der Waals surface area (Å²) in [6.07, 6.45) is 0.916. The number of carbonyl (C=O) groups excluding carboxylic acids is 1. The zero-order chi connectivity index (χ0) is 12.3. The van der Waals surface area contributed by atoms with Crippen molar-refractivity contribution in [1.29, 1.82) is 0 Å². The van der Waals surface area contributed by atoms with E-state index in [0.29, 0.717) is 11.5 Å². The Morgan fingerprint density at radius 2 is 1.69 bits per heavy atom. The Balaban J connectivity index is 3.37. The largest absolute Gasteiger partial charge is 0.493 e. The number of ether oxygens (including phenoxy) is 2. The summed E-state index contributed by atoms with van der Waals surface area (Å²) < 4.78 is 11.2. The van der Waals surface area contributed by atoms with Gasteiger partial charge in [-0.3, -0.25) is 0 Å². The summed E-state index contributed by atoms with van der Waals surface area (Å²) in [5, 5.41) is 0. The van der Waals surface area contributed by atoms with Crippen LogP contribution < -0.4 is 9.47 Å². The normalized spacial score (nSPS) is 11.1. The molecule has 0 aliphatic rings. The monoisotopic (exact) mass is 286 g/mol. The van der Waals surface area contributed by atoms with Crippen molar-refractivity contribution in [1.82, 2.24) is 0 Å². The van der Waals surface area contributed by atoms with Gasteiger partial charge in [-0.25, -0.2) is 0 Å². The molecular formula is C12H15BrO3. The molecule has 4 heteroatoms. The molecule has 0 atom stereocenters. The Morgan fingerprint density at radius 3 is 2.12 bits per heavy atom. The average molecular weight is 287 g/mol. The second-order valence-electron chi connectivity index (χ2n) is 4.03. The van der Waals surface area contributed by atoms with Gasteiger partial charge in [-0.2, -0.15) is 0 Å². The van der Waals surface area contributed by atoms with Crippen LogP contribution in [0.3, 0.4) is 0 Å². The highest BCUT2D eigenvalue weighted by Gasteiger charge is 2.24. The number of benzene rings is 1. The summed E-state index contributed by atoms with van der Waals surface area (Å²) in [6, 6.07) is 3.62. The number of rotatable bonds is 4. The van der Waals surface area contributed by atoms with Crippen LogP contribution in [-0.4, -0.2) is 20.5 Å². The third kappa shape index (κ3) is 2.38. The van der Waals surface area contributed by atoms with Gasteiger partial charge in [0.1, 0.15) is 6.29 Å². The maximum absolute atomic E-state index is 11.0. The van der Waals surface area contributed by atoms with Gasteiger partial charge in [0.25, 0.3) is 0 Å². The molecule has 0 N–H and O–H groups in total. The van der Waals surface area contributed by atoms with Crippen molar-refractivity contribution < 1.29 is 14.3 Å². The molecule has 88 valence electrons. The van der Waals surface area contributed by atoms with Crippen molar-refractivity contribution in [3.05, 3.63) is 22.2 Å². The Bertz CT molecular complexity index is 399. The average Bonchev–Trinajstić information content (AvgIpc) is 2.28. The molecule has 0 amide bonds. The quantitative estimate of drug-likeness (QED) is 0.799. The standard InChI is InChI=1S/C12H15BrO3/c1-12(2,7-14)8-5-10(15-3)11(16-4)6-9(8)13/h5-7H,1-4H3. The van der Waals surface area contributed by atoms with Crippen LogP contribution in [0.4, 0.5) is 0 Å². The van der Waals surface area contributed by atoms with Gasteiger partial charge in [0.15, 0.2) is 11.5 Å². The fraction of sp³-hybridized carbons (Fsp3) is 0.417. The van der Waals surface area contributed by atoms with Crippen molar-refractivity contribution in [2.45, 2.75) is 19.3 Å². The summed E-state index contributed by atoms with van der Waals surface area (Å²) in [6.45, 7) is 3.71. The lowest BCUT2D eigenvalue weighted by Crippen LogP contribution is -2.19. The van der Waals surface area contributed by atoms with E-state index in [2.05, 4.69) is 15.9 Å². The van der Waals surface area contributed by atoms with E-state index in [9.17, 15) is 4.79 Å². The van der Waals surface area contributed by atoms with E-state index >= 15 is 0 Å². The molecule has 1 aromatic carbocycles. The summed E-state index contributed by atoms with van der Waals surface area (Å²) in [5.41, 5.74) is 0.318. The van der Waals surface area contributed by atoms with Crippen LogP contribution in [0.15, 0.2) is 16.6 Å². The number of hydrogen-bond donors (Lipinski definition) is 0. The van der Waals surface area contributed by atoms with E-state index in [1.54, 1.807) is 20.3 Å². The summed E-state index contributed by atoms with van der Waals surface area (Å²) in [4.78, 5) is 11.0. The Labute approximate surface area is 104 Å². The maximum Gasteiger partial charge on any atom is 0.161 e. The molecule has 0 saturated heterocycles. The van der Waals surface area contributed by atoms with Crippen LogP contribution in [-0.2, 0) is 10.2 Å². The van der Waals surface area contributed by atoms with Crippen LogP contribution in [0.5, 0.6) is 11.5 Å². The number of aldehydes is 1. The third-order valence-corrected chi connectivity index (χ3v) is 3.12. The highest BCUT2D eigenvalue weighted by atomic mass is 79.9. The fourth-order valence-corrected chi connectivity index (χ4v) is 2.24. The van der Waals surface area contributed by atoms with Crippen molar-refractivity contribution in [3.8, 4) is 11.5 Å². The molecular weight excluding hydrogens is 272 g/mol. The molecule has 1 rings (SSSR count). The van der Waals surface area contributed by atoms with E-state index < -0.39 is 5.41 Å². The second-order valence-corrected chi connectivity index (χ2v) is 4.88. The van der Waals surface area contributed by atoms with Gasteiger partial charge in [-0.1, -0.05) is 15.9 Å². The Kier molecular flexibility index (Phi) is 3.97. The lowest BCUT2D eigenvalue weighted by Gasteiger charge is -2.21. The fourth-order valence-electron chi connectivity index (χ4n) is 1.41. The molecule has 0 unspecified atom stereocenters. The van der Waals surface area contributed by atoms with Gasteiger partial charge in [0, 0.05) is 9.89 Å². The lowest BCUT2D eigenvalue weighted by atomic mass is 9.86. The molecule has 0 spiro atoms. The molecule has 0 saturated carbocycles. The predicted octanol–water partition coefficient (Wildman–Crippen LogP) is 2.94. The topological polar surface area (TPSA) is 35.5 Å². The molecule has 0 bridgehead atoms. The van der Waals surface area contributed by atoms with Crippen molar-refractivity contribution in [2.24, 2.45) is 0 Å². The van der Waals surface area contributed by atoms with Crippen molar-refractivity contribution in [2.75, 3.05) is 14.2 Å². The van der Waals surface area contributed by atoms with Gasteiger partial charge < -0.3 is 14.3 Å². The van der Waals surface area contributed by atoms with Crippen LogP contribution >= 0.6 is 15.9 Å². The van der Waals surface area contributed by atoms with Gasteiger partial charge in [0.05, 0.1) is 14.2 Å². The zero-order valence-corrected chi connectivity index (χ0v) is 11.4. The van der Waals surface area contributed by atoms with Crippen LogP contribution in [0.1, 0.15) is 19.4 Å². The first-order chi connectivity index (χ1) is 7.46.